The van der Waals surface area contributed by atoms with Gasteiger partial charge in [-0.15, -0.1) is 0 Å². The molecule has 0 atom stereocenters. The summed E-state index contributed by atoms with van der Waals surface area (Å²) in [4.78, 5) is 12.8. The molecule has 2 aliphatic rings. The van der Waals surface area contributed by atoms with Crippen LogP contribution in [-0.2, 0) is 10.8 Å². The first-order valence-electron chi connectivity index (χ1n) is 16.4. The van der Waals surface area contributed by atoms with Crippen molar-refractivity contribution in [3.05, 3.63) is 162 Å². The summed E-state index contributed by atoms with van der Waals surface area (Å²) in [6, 6.07) is 47.9. The number of anilines is 3. The Hall–Kier alpha value is -5.54. The molecule has 0 fully saturated rings. The molecule has 3 nitrogen and oxygen atoms in total. The van der Waals surface area contributed by atoms with Gasteiger partial charge in [0.25, 0.3) is 0 Å². The third kappa shape index (κ3) is 3.86. The van der Waals surface area contributed by atoms with Crippen LogP contribution in [0.1, 0.15) is 49.9 Å². The number of benzene rings is 6. The van der Waals surface area contributed by atoms with Gasteiger partial charge in [0, 0.05) is 27.8 Å². The van der Waals surface area contributed by atoms with Crippen LogP contribution in [0.4, 0.5) is 17.1 Å². The first-order chi connectivity index (χ1) is 22.9. The minimum absolute atomic E-state index is 0.290. The third-order valence-corrected chi connectivity index (χ3v) is 10.4. The van der Waals surface area contributed by atoms with Crippen LogP contribution in [0.5, 0.6) is 0 Å². The van der Waals surface area contributed by atoms with Gasteiger partial charge in [-0.25, -0.2) is 4.98 Å². The Balaban J connectivity index is 1.53. The third-order valence-electron chi connectivity index (χ3n) is 10.4. The second kappa shape index (κ2) is 9.98. The molecule has 1 heterocycles. The monoisotopic (exact) mass is 605 g/mol. The van der Waals surface area contributed by atoms with Crippen molar-refractivity contribution >= 4 is 28.1 Å². The van der Waals surface area contributed by atoms with Crippen LogP contribution in [0.2, 0.25) is 0 Å². The smallest absolute Gasteiger partial charge is 0.0905 e. The summed E-state index contributed by atoms with van der Waals surface area (Å²) in [5, 5.41) is 0. The molecular formula is C44H35N3. The first kappa shape index (κ1) is 27.7. The van der Waals surface area contributed by atoms with E-state index in [1.807, 2.05) is 24.4 Å². The number of hydrogen-bond acceptors (Lipinski definition) is 3. The minimum Gasteiger partial charge on any atom is -0.310 e. The highest BCUT2D eigenvalue weighted by molar-refractivity contribution is 6.09. The molecule has 9 rings (SSSR count). The zero-order chi connectivity index (χ0) is 31.9. The van der Waals surface area contributed by atoms with E-state index >= 15 is 0 Å². The number of nitrogens with zero attached hydrogens (tertiary/aromatic N) is 3. The molecule has 47 heavy (non-hydrogen) atoms. The van der Waals surface area contributed by atoms with Crippen molar-refractivity contribution in [2.45, 2.75) is 38.5 Å². The van der Waals surface area contributed by atoms with Gasteiger partial charge in [0.2, 0.25) is 0 Å². The Morgan fingerprint density at radius 3 is 1.45 bits per heavy atom. The van der Waals surface area contributed by atoms with Crippen LogP contribution in [0, 0.1) is 0 Å². The van der Waals surface area contributed by atoms with E-state index in [9.17, 15) is 0 Å². The summed E-state index contributed by atoms with van der Waals surface area (Å²) in [6.07, 6.45) is 1.99. The molecule has 0 amide bonds. The topological polar surface area (TPSA) is 29.0 Å². The van der Waals surface area contributed by atoms with Crippen LogP contribution in [0.15, 0.2) is 140 Å². The Labute approximate surface area is 276 Å². The van der Waals surface area contributed by atoms with Gasteiger partial charge in [-0.05, 0) is 80.9 Å². The molecule has 0 N–H and O–H groups in total. The summed E-state index contributed by atoms with van der Waals surface area (Å²) >= 11 is 0. The maximum Gasteiger partial charge on any atom is 0.0905 e. The summed E-state index contributed by atoms with van der Waals surface area (Å²) in [5.41, 5.74) is 17.2. The fourth-order valence-corrected chi connectivity index (χ4v) is 8.37. The van der Waals surface area contributed by atoms with Crippen LogP contribution >= 0.6 is 0 Å². The lowest BCUT2D eigenvalue weighted by Gasteiger charge is -2.38. The maximum absolute atomic E-state index is 5.36. The van der Waals surface area contributed by atoms with Gasteiger partial charge in [-0.1, -0.05) is 125 Å². The molecule has 1 aromatic heterocycles. The van der Waals surface area contributed by atoms with E-state index in [0.717, 1.165) is 28.1 Å². The molecule has 0 unspecified atom stereocenters. The van der Waals surface area contributed by atoms with Crippen molar-refractivity contribution in [3.8, 4) is 33.5 Å². The predicted molar refractivity (Wildman–Crippen MR) is 195 cm³/mol. The zero-order valence-electron chi connectivity index (χ0n) is 27.1. The zero-order valence-corrected chi connectivity index (χ0v) is 27.1. The number of aromatic nitrogens is 2. The summed E-state index contributed by atoms with van der Waals surface area (Å²) in [6.45, 7) is 9.58. The fraction of sp³-hybridized carbons (Fsp3) is 0.136. The quantitative estimate of drug-likeness (QED) is 0.200. The van der Waals surface area contributed by atoms with Crippen LogP contribution in [0.3, 0.4) is 0 Å². The summed E-state index contributed by atoms with van der Waals surface area (Å²) < 4.78 is 0. The second-order valence-corrected chi connectivity index (χ2v) is 13.8. The van der Waals surface area contributed by atoms with Gasteiger partial charge in [0.15, 0.2) is 0 Å². The lowest BCUT2D eigenvalue weighted by Crippen LogP contribution is -2.26. The highest BCUT2D eigenvalue weighted by atomic mass is 15.2. The number of rotatable bonds is 4. The van der Waals surface area contributed by atoms with Gasteiger partial charge in [0.1, 0.15) is 0 Å². The van der Waals surface area contributed by atoms with Crippen molar-refractivity contribution in [2.24, 2.45) is 0 Å². The number of para-hydroxylation sites is 4. The van der Waals surface area contributed by atoms with Crippen LogP contribution in [0.25, 0.3) is 44.5 Å². The molecule has 2 aliphatic carbocycles. The molecule has 0 radical (unpaired) electrons. The largest absolute Gasteiger partial charge is 0.310 e. The van der Waals surface area contributed by atoms with Crippen molar-refractivity contribution in [2.75, 3.05) is 4.90 Å². The lowest BCUT2D eigenvalue weighted by molar-refractivity contribution is 0.640. The van der Waals surface area contributed by atoms with Gasteiger partial charge in [-0.3, -0.25) is 4.98 Å². The van der Waals surface area contributed by atoms with Crippen molar-refractivity contribution in [3.63, 3.8) is 0 Å². The highest BCUT2D eigenvalue weighted by Gasteiger charge is 2.49. The molecule has 0 aliphatic heterocycles. The second-order valence-electron chi connectivity index (χ2n) is 13.8. The van der Waals surface area contributed by atoms with E-state index in [4.69, 9.17) is 9.97 Å². The van der Waals surface area contributed by atoms with Gasteiger partial charge >= 0.3 is 0 Å². The Kier molecular flexibility index (Phi) is 5.89. The fourth-order valence-electron chi connectivity index (χ4n) is 8.37. The summed E-state index contributed by atoms with van der Waals surface area (Å²) in [7, 11) is 0. The van der Waals surface area contributed by atoms with Crippen molar-refractivity contribution < 1.29 is 0 Å². The predicted octanol–water partition coefficient (Wildman–Crippen LogP) is 11.4. The van der Waals surface area contributed by atoms with E-state index in [0.29, 0.717) is 0 Å². The number of hydrogen-bond donors (Lipinski definition) is 0. The van der Waals surface area contributed by atoms with Crippen molar-refractivity contribution in [1.29, 1.82) is 0 Å². The molecule has 226 valence electrons. The Bertz CT molecular complexity index is 2230. The average Bonchev–Trinajstić information content (AvgIpc) is 3.49. The summed E-state index contributed by atoms with van der Waals surface area (Å²) in [5.74, 6) is 0. The average molecular weight is 606 g/mol. The SMILES string of the molecule is CC1(C)c2ccccc2-c2c(-c3cnc4ccccc4n3)c3c(c(N(c4ccccc4)c4ccccc4)c21)C(C)(C)c1ccccc1-3. The molecule has 0 saturated carbocycles. The number of fused-ring (bicyclic) bond motifs is 7. The molecule has 7 aromatic rings. The van der Waals surface area contributed by atoms with Gasteiger partial charge in [-0.2, -0.15) is 0 Å². The van der Waals surface area contributed by atoms with E-state index in [1.54, 1.807) is 0 Å². The molecule has 0 bridgehead atoms. The van der Waals surface area contributed by atoms with E-state index in [-0.39, 0.29) is 10.8 Å². The molecule has 3 heteroatoms. The Morgan fingerprint density at radius 1 is 0.468 bits per heavy atom. The van der Waals surface area contributed by atoms with Crippen LogP contribution in [-0.4, -0.2) is 9.97 Å². The molecular weight excluding hydrogens is 571 g/mol. The Morgan fingerprint density at radius 2 is 0.915 bits per heavy atom. The minimum atomic E-state index is -0.290. The highest BCUT2D eigenvalue weighted by Crippen LogP contribution is 2.65. The maximum atomic E-state index is 5.36. The van der Waals surface area contributed by atoms with Gasteiger partial charge < -0.3 is 4.90 Å². The van der Waals surface area contributed by atoms with E-state index < -0.39 is 0 Å². The first-order valence-corrected chi connectivity index (χ1v) is 16.4. The standard InChI is InChI=1S/C44H35N3/c1-43(2)32-23-13-11-21-30(32)37-39(36-27-45-34-25-15-16-26-35(34)46-36)38-31-22-12-14-24-33(31)44(3,4)41(38)42(40(37)43)47(28-17-7-5-8-18-28)29-19-9-6-10-20-29/h5-27H,1-4H3. The normalized spacial score (nSPS) is 14.7. The van der Waals surface area contributed by atoms with Crippen molar-refractivity contribution in [1.82, 2.24) is 9.97 Å². The van der Waals surface area contributed by atoms with E-state index in [2.05, 4.69) is 148 Å². The molecule has 0 saturated heterocycles. The molecule has 6 aromatic carbocycles. The van der Waals surface area contributed by atoms with E-state index in [1.165, 1.54) is 55.8 Å². The van der Waals surface area contributed by atoms with Gasteiger partial charge in [0.05, 0.1) is 28.6 Å². The van der Waals surface area contributed by atoms with Crippen LogP contribution < -0.4 is 4.90 Å². The molecule has 0 spiro atoms. The lowest BCUT2D eigenvalue weighted by atomic mass is 9.74.